The molecule has 0 aliphatic heterocycles. The number of hydrogen-bond donors (Lipinski definition) is 2. The fraction of sp³-hybridized carbons (Fsp3) is 0.500. The molecule has 0 saturated carbocycles. The van der Waals surface area contributed by atoms with Gasteiger partial charge in [0.05, 0.1) is 18.4 Å². The molecule has 0 aliphatic rings. The van der Waals surface area contributed by atoms with E-state index in [1.165, 1.54) is 6.07 Å². The molecule has 0 bridgehead atoms. The summed E-state index contributed by atoms with van der Waals surface area (Å²) in [6.07, 6.45) is -0.670. The van der Waals surface area contributed by atoms with Gasteiger partial charge in [0.15, 0.2) is 0 Å². The summed E-state index contributed by atoms with van der Waals surface area (Å²) >= 11 is 0. The summed E-state index contributed by atoms with van der Waals surface area (Å²) in [6.45, 7) is 4.52. The Balaban J connectivity index is 2.96. The van der Waals surface area contributed by atoms with Gasteiger partial charge in [0.1, 0.15) is 5.82 Å². The van der Waals surface area contributed by atoms with Crippen LogP contribution in [0.5, 0.6) is 0 Å². The van der Waals surface area contributed by atoms with Gasteiger partial charge < -0.3 is 15.1 Å². The number of rotatable bonds is 5. The molecule has 1 aromatic rings. The van der Waals surface area contributed by atoms with Gasteiger partial charge in [-0.15, -0.1) is 0 Å². The van der Waals surface area contributed by atoms with Crippen LogP contribution in [0.25, 0.3) is 0 Å². The summed E-state index contributed by atoms with van der Waals surface area (Å²) in [5.41, 5.74) is 1.02. The van der Waals surface area contributed by atoms with Crippen LogP contribution in [-0.2, 0) is 0 Å². The van der Waals surface area contributed by atoms with Crippen molar-refractivity contribution in [3.05, 3.63) is 29.6 Å². The lowest BCUT2D eigenvalue weighted by molar-refractivity contribution is 0.199. The monoisotopic (exact) mass is 227 g/mol. The molecule has 4 heteroatoms. The average Bonchev–Trinajstić information content (AvgIpc) is 2.26. The quantitative estimate of drug-likeness (QED) is 0.804. The minimum atomic E-state index is -0.670. The van der Waals surface area contributed by atoms with Crippen LogP contribution in [-0.4, -0.2) is 29.9 Å². The van der Waals surface area contributed by atoms with E-state index < -0.39 is 6.10 Å². The van der Waals surface area contributed by atoms with Crippen molar-refractivity contribution in [2.24, 2.45) is 0 Å². The van der Waals surface area contributed by atoms with E-state index in [1.807, 2.05) is 6.92 Å². The maximum Gasteiger partial charge on any atom is 0.146 e. The molecule has 0 saturated heterocycles. The number of halogens is 1. The molecule has 2 N–H and O–H groups in total. The Kier molecular flexibility index (Phi) is 4.71. The Morgan fingerprint density at radius 3 is 2.56 bits per heavy atom. The van der Waals surface area contributed by atoms with Crippen molar-refractivity contribution in [3.8, 4) is 0 Å². The van der Waals surface area contributed by atoms with Crippen molar-refractivity contribution in [1.29, 1.82) is 0 Å². The largest absolute Gasteiger partial charge is 0.395 e. The first-order valence-electron chi connectivity index (χ1n) is 5.43. The van der Waals surface area contributed by atoms with Gasteiger partial charge in [-0.3, -0.25) is 0 Å². The molecule has 0 fully saturated rings. The number of benzene rings is 1. The SMILES string of the molecule is CCN(CCO)c1ccc([C@H](C)O)cc1F. The molecule has 1 rings (SSSR count). The normalized spacial score (nSPS) is 12.6. The van der Waals surface area contributed by atoms with Crippen molar-refractivity contribution < 1.29 is 14.6 Å². The smallest absolute Gasteiger partial charge is 0.146 e. The molecule has 1 aromatic carbocycles. The second-order valence-electron chi connectivity index (χ2n) is 3.69. The minimum Gasteiger partial charge on any atom is -0.395 e. The molecular weight excluding hydrogens is 209 g/mol. The van der Waals surface area contributed by atoms with Crippen molar-refractivity contribution in [1.82, 2.24) is 0 Å². The topological polar surface area (TPSA) is 43.7 Å². The van der Waals surface area contributed by atoms with E-state index in [2.05, 4.69) is 0 Å². The van der Waals surface area contributed by atoms with Crippen LogP contribution in [0.3, 0.4) is 0 Å². The van der Waals surface area contributed by atoms with Crippen molar-refractivity contribution in [3.63, 3.8) is 0 Å². The predicted octanol–water partition coefficient (Wildman–Crippen LogP) is 1.70. The Morgan fingerprint density at radius 1 is 1.44 bits per heavy atom. The Hall–Kier alpha value is -1.13. The highest BCUT2D eigenvalue weighted by Crippen LogP contribution is 2.23. The number of aliphatic hydroxyl groups is 2. The van der Waals surface area contributed by atoms with E-state index in [9.17, 15) is 9.50 Å². The molecule has 16 heavy (non-hydrogen) atoms. The lowest BCUT2D eigenvalue weighted by atomic mass is 10.1. The third-order valence-electron chi connectivity index (χ3n) is 2.55. The molecule has 0 spiro atoms. The maximum atomic E-state index is 13.7. The van der Waals surface area contributed by atoms with Gasteiger partial charge in [-0.25, -0.2) is 4.39 Å². The van der Waals surface area contributed by atoms with Crippen molar-refractivity contribution in [2.75, 3.05) is 24.6 Å². The number of hydrogen-bond acceptors (Lipinski definition) is 3. The van der Waals surface area contributed by atoms with Crippen molar-refractivity contribution in [2.45, 2.75) is 20.0 Å². The number of likely N-dealkylation sites (N-methyl/N-ethyl adjacent to an activating group) is 1. The molecule has 0 radical (unpaired) electrons. The maximum absolute atomic E-state index is 13.7. The van der Waals surface area contributed by atoms with Gasteiger partial charge in [0.25, 0.3) is 0 Å². The van der Waals surface area contributed by atoms with Crippen LogP contribution >= 0.6 is 0 Å². The van der Waals surface area contributed by atoms with E-state index in [1.54, 1.807) is 24.0 Å². The second kappa shape index (κ2) is 5.82. The van der Waals surface area contributed by atoms with Crippen LogP contribution < -0.4 is 4.90 Å². The molecule has 0 aliphatic carbocycles. The fourth-order valence-electron chi connectivity index (χ4n) is 1.61. The number of aliphatic hydroxyl groups excluding tert-OH is 2. The first-order chi connectivity index (χ1) is 7.60. The molecule has 1 atom stereocenters. The molecule has 3 nitrogen and oxygen atoms in total. The van der Waals surface area contributed by atoms with Gasteiger partial charge >= 0.3 is 0 Å². The fourth-order valence-corrected chi connectivity index (χ4v) is 1.61. The zero-order valence-corrected chi connectivity index (χ0v) is 9.65. The van der Waals surface area contributed by atoms with E-state index in [0.29, 0.717) is 24.3 Å². The van der Waals surface area contributed by atoms with E-state index in [-0.39, 0.29) is 12.4 Å². The first-order valence-corrected chi connectivity index (χ1v) is 5.43. The Labute approximate surface area is 95.1 Å². The molecule has 0 heterocycles. The molecule has 90 valence electrons. The zero-order chi connectivity index (χ0) is 12.1. The molecule has 0 unspecified atom stereocenters. The van der Waals surface area contributed by atoms with Crippen LogP contribution in [0, 0.1) is 5.82 Å². The highest BCUT2D eigenvalue weighted by atomic mass is 19.1. The predicted molar refractivity (Wildman–Crippen MR) is 62.0 cm³/mol. The van der Waals surface area contributed by atoms with Crippen molar-refractivity contribution >= 4 is 5.69 Å². The summed E-state index contributed by atoms with van der Waals surface area (Å²) in [4.78, 5) is 1.75. The Morgan fingerprint density at radius 2 is 2.12 bits per heavy atom. The lowest BCUT2D eigenvalue weighted by Gasteiger charge is -2.23. The van der Waals surface area contributed by atoms with Gasteiger partial charge in [-0.2, -0.15) is 0 Å². The zero-order valence-electron chi connectivity index (χ0n) is 9.65. The summed E-state index contributed by atoms with van der Waals surface area (Å²) < 4.78 is 13.7. The molecule has 0 aromatic heterocycles. The van der Waals surface area contributed by atoms with Crippen LogP contribution in [0.2, 0.25) is 0 Å². The number of nitrogens with zero attached hydrogens (tertiary/aromatic N) is 1. The summed E-state index contributed by atoms with van der Waals surface area (Å²) in [5, 5.41) is 18.2. The van der Waals surface area contributed by atoms with E-state index in [0.717, 1.165) is 0 Å². The average molecular weight is 227 g/mol. The third-order valence-corrected chi connectivity index (χ3v) is 2.55. The molecular formula is C12H18FNO2. The van der Waals surface area contributed by atoms with E-state index >= 15 is 0 Å². The summed E-state index contributed by atoms with van der Waals surface area (Å²) in [6, 6.07) is 4.67. The minimum absolute atomic E-state index is 0.00850. The third kappa shape index (κ3) is 2.93. The van der Waals surface area contributed by atoms with Gasteiger partial charge in [0.2, 0.25) is 0 Å². The van der Waals surface area contributed by atoms with Crippen LogP contribution in [0.1, 0.15) is 25.5 Å². The highest BCUT2D eigenvalue weighted by Gasteiger charge is 2.11. The summed E-state index contributed by atoms with van der Waals surface area (Å²) in [5.74, 6) is -0.367. The Bertz CT molecular complexity index is 342. The standard InChI is InChI=1S/C12H18FNO2/c1-3-14(6-7-15)12-5-4-10(9(2)16)8-11(12)13/h4-5,8-9,15-16H,3,6-7H2,1-2H3/t9-/m0/s1. The van der Waals surface area contributed by atoms with Gasteiger partial charge in [0, 0.05) is 13.1 Å². The van der Waals surface area contributed by atoms with Gasteiger partial charge in [-0.1, -0.05) is 6.07 Å². The first kappa shape index (κ1) is 12.9. The van der Waals surface area contributed by atoms with Crippen LogP contribution in [0.4, 0.5) is 10.1 Å². The molecule has 0 amide bonds. The van der Waals surface area contributed by atoms with Crippen LogP contribution in [0.15, 0.2) is 18.2 Å². The van der Waals surface area contributed by atoms with Gasteiger partial charge in [-0.05, 0) is 31.5 Å². The number of anilines is 1. The van der Waals surface area contributed by atoms with E-state index in [4.69, 9.17) is 5.11 Å². The highest BCUT2D eigenvalue weighted by molar-refractivity contribution is 5.49. The summed E-state index contributed by atoms with van der Waals surface area (Å²) in [7, 11) is 0. The second-order valence-corrected chi connectivity index (χ2v) is 3.69. The lowest BCUT2D eigenvalue weighted by Crippen LogP contribution is -2.27.